The van der Waals surface area contributed by atoms with Gasteiger partial charge in [-0.1, -0.05) is 11.6 Å². The highest BCUT2D eigenvalue weighted by Gasteiger charge is 2.17. The number of carbonyl (C=O) groups excluding carboxylic acids is 1. The van der Waals surface area contributed by atoms with Crippen LogP contribution in [0.5, 0.6) is 0 Å². The fourth-order valence-electron chi connectivity index (χ4n) is 1.25. The van der Waals surface area contributed by atoms with E-state index in [0.29, 0.717) is 0 Å². The molecule has 9 heteroatoms. The molecular weight excluding hydrogens is 274 g/mol. The first-order valence-corrected chi connectivity index (χ1v) is 5.34. The number of anilines is 1. The molecule has 2 aromatic heterocycles. The fourth-order valence-corrected chi connectivity index (χ4v) is 1.44. The van der Waals surface area contributed by atoms with Gasteiger partial charge in [-0.3, -0.25) is 14.9 Å². The van der Waals surface area contributed by atoms with E-state index in [9.17, 15) is 14.9 Å². The predicted octanol–water partition coefficient (Wildman–Crippen LogP) is 1.69. The molecule has 2 heterocycles. The number of nitrogens with one attached hydrogen (secondary N) is 1. The van der Waals surface area contributed by atoms with Crippen molar-refractivity contribution in [3.8, 4) is 0 Å². The van der Waals surface area contributed by atoms with Crippen LogP contribution in [0.2, 0.25) is 5.15 Å². The summed E-state index contributed by atoms with van der Waals surface area (Å²) in [4.78, 5) is 25.4. The number of hydrogen-bond acceptors (Lipinski definition) is 6. The normalized spacial score (nSPS) is 9.95. The molecule has 0 saturated heterocycles. The van der Waals surface area contributed by atoms with E-state index in [1.807, 2.05) is 0 Å². The van der Waals surface area contributed by atoms with Gasteiger partial charge in [0.1, 0.15) is 11.3 Å². The standard InChI is InChI=1S/C10H6ClN5O3/c11-9-7(4-6(5-12-9)16(18)19)10(17)14-8-2-1-3-13-15-8/h1-5H,(H,14,15,17). The smallest absolute Gasteiger partial charge is 0.288 e. The number of aromatic nitrogens is 3. The van der Waals surface area contributed by atoms with Gasteiger partial charge in [-0.15, -0.1) is 5.10 Å². The first kappa shape index (κ1) is 12.8. The van der Waals surface area contributed by atoms with Gasteiger partial charge in [-0.2, -0.15) is 5.10 Å². The molecule has 96 valence electrons. The van der Waals surface area contributed by atoms with Gasteiger partial charge >= 0.3 is 0 Å². The van der Waals surface area contributed by atoms with Crippen LogP contribution >= 0.6 is 11.6 Å². The van der Waals surface area contributed by atoms with Crippen LogP contribution in [0.25, 0.3) is 0 Å². The minimum absolute atomic E-state index is 0.110. The topological polar surface area (TPSA) is 111 Å². The highest BCUT2D eigenvalue weighted by atomic mass is 35.5. The van der Waals surface area contributed by atoms with Crippen molar-refractivity contribution in [2.45, 2.75) is 0 Å². The van der Waals surface area contributed by atoms with Crippen LogP contribution < -0.4 is 5.32 Å². The van der Waals surface area contributed by atoms with Crippen molar-refractivity contribution >= 4 is 29.0 Å². The second-order valence-electron chi connectivity index (χ2n) is 3.35. The summed E-state index contributed by atoms with van der Waals surface area (Å²) < 4.78 is 0. The molecule has 0 spiro atoms. The Bertz CT molecular complexity index is 634. The van der Waals surface area contributed by atoms with E-state index < -0.39 is 10.8 Å². The number of amides is 1. The lowest BCUT2D eigenvalue weighted by atomic mass is 10.2. The third kappa shape index (κ3) is 2.99. The van der Waals surface area contributed by atoms with Gasteiger partial charge in [0.05, 0.1) is 10.5 Å². The molecule has 1 N–H and O–H groups in total. The lowest BCUT2D eigenvalue weighted by Gasteiger charge is -2.04. The largest absolute Gasteiger partial charge is 0.305 e. The van der Waals surface area contributed by atoms with Gasteiger partial charge in [0.2, 0.25) is 0 Å². The predicted molar refractivity (Wildman–Crippen MR) is 65.9 cm³/mol. The summed E-state index contributed by atoms with van der Waals surface area (Å²) in [5, 5.41) is 20.1. The average molecular weight is 280 g/mol. The lowest BCUT2D eigenvalue weighted by Crippen LogP contribution is -2.14. The van der Waals surface area contributed by atoms with Crippen molar-refractivity contribution in [3.05, 3.63) is 51.4 Å². The quantitative estimate of drug-likeness (QED) is 0.520. The zero-order valence-corrected chi connectivity index (χ0v) is 10.0. The highest BCUT2D eigenvalue weighted by molar-refractivity contribution is 6.33. The summed E-state index contributed by atoms with van der Waals surface area (Å²) in [5.74, 6) is -0.447. The molecule has 0 unspecified atom stereocenters. The summed E-state index contributed by atoms with van der Waals surface area (Å²) in [5.41, 5.74) is -0.435. The number of halogens is 1. The Labute approximate surface area is 111 Å². The molecule has 0 aliphatic carbocycles. The monoisotopic (exact) mass is 279 g/mol. The minimum Gasteiger partial charge on any atom is -0.305 e. The summed E-state index contributed by atoms with van der Waals surface area (Å²) in [6.45, 7) is 0. The summed E-state index contributed by atoms with van der Waals surface area (Å²) >= 11 is 5.73. The molecular formula is C10H6ClN5O3. The summed E-state index contributed by atoms with van der Waals surface area (Å²) in [6.07, 6.45) is 2.42. The number of pyridine rings is 1. The molecule has 19 heavy (non-hydrogen) atoms. The Morgan fingerprint density at radius 3 is 2.89 bits per heavy atom. The van der Waals surface area contributed by atoms with E-state index in [4.69, 9.17) is 11.6 Å². The van der Waals surface area contributed by atoms with Crippen molar-refractivity contribution < 1.29 is 9.72 Å². The summed E-state index contributed by atoms with van der Waals surface area (Å²) in [7, 11) is 0. The molecule has 2 rings (SSSR count). The van der Waals surface area contributed by atoms with Gasteiger partial charge < -0.3 is 5.32 Å². The zero-order chi connectivity index (χ0) is 13.8. The van der Waals surface area contributed by atoms with Crippen LogP contribution in [0.1, 0.15) is 10.4 Å². The maximum absolute atomic E-state index is 11.9. The number of carbonyl (C=O) groups is 1. The van der Waals surface area contributed by atoms with Crippen molar-refractivity contribution in [3.63, 3.8) is 0 Å². The van der Waals surface area contributed by atoms with Crippen molar-refractivity contribution in [1.82, 2.24) is 15.2 Å². The van der Waals surface area contributed by atoms with Gasteiger partial charge in [0, 0.05) is 12.3 Å². The van der Waals surface area contributed by atoms with E-state index in [2.05, 4.69) is 20.5 Å². The lowest BCUT2D eigenvalue weighted by molar-refractivity contribution is -0.385. The van der Waals surface area contributed by atoms with Gasteiger partial charge in [0.25, 0.3) is 11.6 Å². The molecule has 0 aliphatic rings. The van der Waals surface area contributed by atoms with Crippen LogP contribution in [0, 0.1) is 10.1 Å². The first-order valence-electron chi connectivity index (χ1n) is 4.97. The number of nitrogens with zero attached hydrogens (tertiary/aromatic N) is 4. The first-order chi connectivity index (χ1) is 9.08. The van der Waals surface area contributed by atoms with Crippen molar-refractivity contribution in [1.29, 1.82) is 0 Å². The zero-order valence-electron chi connectivity index (χ0n) is 9.28. The Hall–Kier alpha value is -2.61. The van der Waals surface area contributed by atoms with E-state index in [-0.39, 0.29) is 22.2 Å². The molecule has 0 fully saturated rings. The van der Waals surface area contributed by atoms with Crippen molar-refractivity contribution in [2.24, 2.45) is 0 Å². The molecule has 0 radical (unpaired) electrons. The third-order valence-electron chi connectivity index (χ3n) is 2.09. The minimum atomic E-state index is -0.664. The number of rotatable bonds is 3. The van der Waals surface area contributed by atoms with Gasteiger partial charge in [-0.05, 0) is 12.1 Å². The molecule has 8 nitrogen and oxygen atoms in total. The Morgan fingerprint density at radius 1 is 1.47 bits per heavy atom. The maximum Gasteiger partial charge on any atom is 0.288 e. The van der Waals surface area contributed by atoms with E-state index >= 15 is 0 Å². The number of nitro groups is 1. The molecule has 0 aliphatic heterocycles. The van der Waals surface area contributed by atoms with Gasteiger partial charge in [-0.25, -0.2) is 4.98 Å². The molecule has 0 bridgehead atoms. The molecule has 2 aromatic rings. The van der Waals surface area contributed by atoms with Crippen molar-refractivity contribution in [2.75, 3.05) is 5.32 Å². The fraction of sp³-hybridized carbons (Fsp3) is 0. The SMILES string of the molecule is O=C(Nc1cccnn1)c1cc([N+](=O)[O-])cnc1Cl. The van der Waals surface area contributed by atoms with Gasteiger partial charge in [0.15, 0.2) is 5.82 Å². The van der Waals surface area contributed by atoms with E-state index in [0.717, 1.165) is 12.3 Å². The van der Waals surface area contributed by atoms with Crippen LogP contribution in [0.15, 0.2) is 30.6 Å². The second-order valence-corrected chi connectivity index (χ2v) is 3.71. The van der Waals surface area contributed by atoms with Crippen LogP contribution in [0.3, 0.4) is 0 Å². The Kier molecular flexibility index (Phi) is 3.62. The second kappa shape index (κ2) is 5.36. The molecule has 0 saturated carbocycles. The Morgan fingerprint density at radius 2 is 2.26 bits per heavy atom. The molecule has 1 amide bonds. The highest BCUT2D eigenvalue weighted by Crippen LogP contribution is 2.19. The summed E-state index contributed by atoms with van der Waals surface area (Å²) in [6, 6.07) is 4.14. The van der Waals surface area contributed by atoms with E-state index in [1.165, 1.54) is 12.3 Å². The maximum atomic E-state index is 11.9. The van der Waals surface area contributed by atoms with E-state index in [1.54, 1.807) is 6.07 Å². The Balaban J connectivity index is 2.28. The average Bonchev–Trinajstić information content (AvgIpc) is 2.40. The molecule has 0 aromatic carbocycles. The number of hydrogen-bond donors (Lipinski definition) is 1. The van der Waals surface area contributed by atoms with Crippen LogP contribution in [-0.2, 0) is 0 Å². The third-order valence-corrected chi connectivity index (χ3v) is 2.40. The molecule has 0 atom stereocenters. The van der Waals surface area contributed by atoms with Crippen LogP contribution in [0.4, 0.5) is 11.5 Å². The van der Waals surface area contributed by atoms with Crippen LogP contribution in [-0.4, -0.2) is 26.0 Å².